The number of nitriles is 1. The van der Waals surface area contributed by atoms with Crippen molar-refractivity contribution in [1.82, 2.24) is 10.1 Å². The lowest BCUT2D eigenvalue weighted by Gasteiger charge is -2.22. The van der Waals surface area contributed by atoms with E-state index in [0.717, 1.165) is 0 Å². The van der Waals surface area contributed by atoms with Gasteiger partial charge in [-0.25, -0.2) is 0 Å². The molecule has 0 saturated heterocycles. The Morgan fingerprint density at radius 2 is 2.47 bits per heavy atom. The van der Waals surface area contributed by atoms with E-state index in [4.69, 9.17) is 9.78 Å². The van der Waals surface area contributed by atoms with E-state index in [1.165, 1.54) is 11.1 Å². The molecular weight excluding hydrogens is 194 g/mol. The van der Waals surface area contributed by atoms with Crippen molar-refractivity contribution >= 4 is 5.91 Å². The normalized spacial score (nSPS) is 11.9. The van der Waals surface area contributed by atoms with Gasteiger partial charge in [-0.1, -0.05) is 5.16 Å². The van der Waals surface area contributed by atoms with Crippen LogP contribution in [0.5, 0.6) is 0 Å². The molecule has 15 heavy (non-hydrogen) atoms. The molecule has 0 aliphatic carbocycles. The molecule has 0 aromatic carbocycles. The first-order valence-corrected chi connectivity index (χ1v) is 4.63. The van der Waals surface area contributed by atoms with E-state index in [-0.39, 0.29) is 11.9 Å². The lowest BCUT2D eigenvalue weighted by molar-refractivity contribution is 0.0744. The number of hydrogen-bond donors (Lipinski definition) is 0. The minimum atomic E-state index is -0.170. The van der Waals surface area contributed by atoms with E-state index < -0.39 is 0 Å². The summed E-state index contributed by atoms with van der Waals surface area (Å²) in [5.41, 5.74) is 0.447. The number of carbonyl (C=O) groups is 1. The molecule has 0 spiro atoms. The van der Waals surface area contributed by atoms with Crippen molar-refractivity contribution in [3.8, 4) is 6.07 Å². The van der Waals surface area contributed by atoms with Crippen LogP contribution in [0.25, 0.3) is 0 Å². The quantitative estimate of drug-likeness (QED) is 0.750. The fourth-order valence-electron chi connectivity index (χ4n) is 1.16. The molecule has 5 nitrogen and oxygen atoms in total. The average Bonchev–Trinajstić information content (AvgIpc) is 2.62. The van der Waals surface area contributed by atoms with Gasteiger partial charge >= 0.3 is 0 Å². The molecule has 1 rings (SSSR count). The highest BCUT2D eigenvalue weighted by atomic mass is 16.5. The van der Waals surface area contributed by atoms with Crippen LogP contribution in [-0.4, -0.2) is 29.1 Å². The van der Waals surface area contributed by atoms with Gasteiger partial charge in [0.15, 0.2) is 0 Å². The minimum Gasteiger partial charge on any atom is -0.361 e. The minimum absolute atomic E-state index is 0.114. The molecule has 0 saturated carbocycles. The van der Waals surface area contributed by atoms with Crippen molar-refractivity contribution in [2.24, 2.45) is 0 Å². The predicted octanol–water partition coefficient (Wildman–Crippen LogP) is 1.36. The zero-order valence-electron chi connectivity index (χ0n) is 9.02. The molecule has 1 aromatic heterocycles. The third-order valence-corrected chi connectivity index (χ3v) is 2.35. The number of amides is 1. The van der Waals surface area contributed by atoms with Crippen molar-refractivity contribution in [2.45, 2.75) is 26.3 Å². The van der Waals surface area contributed by atoms with E-state index in [1.54, 1.807) is 14.0 Å². The maximum atomic E-state index is 11.9. The molecular formula is C10H13N3O2. The van der Waals surface area contributed by atoms with E-state index >= 15 is 0 Å². The fourth-order valence-corrected chi connectivity index (χ4v) is 1.16. The van der Waals surface area contributed by atoms with Gasteiger partial charge in [-0.05, 0) is 13.8 Å². The molecule has 5 heteroatoms. The van der Waals surface area contributed by atoms with Crippen LogP contribution in [-0.2, 0) is 0 Å². The van der Waals surface area contributed by atoms with Gasteiger partial charge in [0, 0.05) is 13.1 Å². The van der Waals surface area contributed by atoms with Crippen molar-refractivity contribution in [2.75, 3.05) is 7.05 Å². The van der Waals surface area contributed by atoms with Crippen LogP contribution in [0.4, 0.5) is 0 Å². The summed E-state index contributed by atoms with van der Waals surface area (Å²) in [6.45, 7) is 3.51. The first kappa shape index (κ1) is 11.2. The highest BCUT2D eigenvalue weighted by molar-refractivity contribution is 5.94. The summed E-state index contributed by atoms with van der Waals surface area (Å²) in [7, 11) is 1.66. The summed E-state index contributed by atoms with van der Waals surface area (Å²) < 4.78 is 4.81. The van der Waals surface area contributed by atoms with Crippen molar-refractivity contribution in [3.05, 3.63) is 17.5 Å². The molecule has 80 valence electrons. The van der Waals surface area contributed by atoms with Crippen LogP contribution in [0.15, 0.2) is 10.7 Å². The number of hydrogen-bond acceptors (Lipinski definition) is 4. The van der Waals surface area contributed by atoms with Crippen LogP contribution in [0, 0.1) is 18.3 Å². The van der Waals surface area contributed by atoms with Gasteiger partial charge in [-0.3, -0.25) is 4.79 Å². The molecule has 0 N–H and O–H groups in total. The molecule has 1 amide bonds. The van der Waals surface area contributed by atoms with Gasteiger partial charge < -0.3 is 9.42 Å². The smallest absolute Gasteiger partial charge is 0.259 e. The molecule has 0 aliphatic rings. The van der Waals surface area contributed by atoms with Crippen molar-refractivity contribution < 1.29 is 9.32 Å². The third kappa shape index (κ3) is 2.34. The van der Waals surface area contributed by atoms with E-state index in [0.29, 0.717) is 17.7 Å². The van der Waals surface area contributed by atoms with Gasteiger partial charge in [-0.15, -0.1) is 0 Å². The summed E-state index contributed by atoms with van der Waals surface area (Å²) >= 11 is 0. The SMILES string of the molecule is Cc1oncc1C(=O)N(C)C(C)CC#N. The number of nitrogens with zero attached hydrogens (tertiary/aromatic N) is 3. The van der Waals surface area contributed by atoms with E-state index in [1.807, 2.05) is 13.0 Å². The maximum absolute atomic E-state index is 11.9. The summed E-state index contributed by atoms with van der Waals surface area (Å²) in [6.07, 6.45) is 1.71. The monoisotopic (exact) mass is 207 g/mol. The fraction of sp³-hybridized carbons (Fsp3) is 0.500. The lowest BCUT2D eigenvalue weighted by atomic mass is 10.2. The van der Waals surface area contributed by atoms with Gasteiger partial charge in [0.25, 0.3) is 5.91 Å². The largest absolute Gasteiger partial charge is 0.361 e. The molecule has 0 fully saturated rings. The molecule has 1 aromatic rings. The Kier molecular flexibility index (Phi) is 3.45. The first-order valence-electron chi connectivity index (χ1n) is 4.63. The maximum Gasteiger partial charge on any atom is 0.259 e. The van der Waals surface area contributed by atoms with Crippen LogP contribution in [0.3, 0.4) is 0 Å². The number of aryl methyl sites for hydroxylation is 1. The molecule has 0 radical (unpaired) electrons. The average molecular weight is 207 g/mol. The molecule has 0 bridgehead atoms. The first-order chi connectivity index (χ1) is 7.07. The van der Waals surface area contributed by atoms with Crippen molar-refractivity contribution in [1.29, 1.82) is 5.26 Å². The van der Waals surface area contributed by atoms with Gasteiger partial charge in [0.1, 0.15) is 11.3 Å². The predicted molar refractivity (Wildman–Crippen MR) is 53.0 cm³/mol. The van der Waals surface area contributed by atoms with Gasteiger partial charge in [0.05, 0.1) is 18.7 Å². The van der Waals surface area contributed by atoms with Crippen LogP contribution in [0.2, 0.25) is 0 Å². The van der Waals surface area contributed by atoms with Crippen LogP contribution >= 0.6 is 0 Å². The second-order valence-corrected chi connectivity index (χ2v) is 3.42. The Morgan fingerprint density at radius 3 is 2.93 bits per heavy atom. The zero-order chi connectivity index (χ0) is 11.4. The lowest BCUT2D eigenvalue weighted by Crippen LogP contribution is -2.34. The van der Waals surface area contributed by atoms with Crippen LogP contribution in [0.1, 0.15) is 29.5 Å². The second-order valence-electron chi connectivity index (χ2n) is 3.42. The summed E-state index contributed by atoms with van der Waals surface area (Å²) in [6, 6.07) is 1.92. The summed E-state index contributed by atoms with van der Waals surface area (Å²) in [5.74, 6) is 0.326. The number of aromatic nitrogens is 1. The molecule has 1 unspecified atom stereocenters. The van der Waals surface area contributed by atoms with E-state index in [9.17, 15) is 4.79 Å². The number of rotatable bonds is 3. The third-order valence-electron chi connectivity index (χ3n) is 2.35. The van der Waals surface area contributed by atoms with Gasteiger partial charge in [0.2, 0.25) is 0 Å². The van der Waals surface area contributed by atoms with Crippen LogP contribution < -0.4 is 0 Å². The summed E-state index contributed by atoms with van der Waals surface area (Å²) in [4.78, 5) is 13.4. The molecule has 1 heterocycles. The zero-order valence-corrected chi connectivity index (χ0v) is 9.02. The number of carbonyl (C=O) groups excluding carboxylic acids is 1. The van der Waals surface area contributed by atoms with Gasteiger partial charge in [-0.2, -0.15) is 5.26 Å². The molecule has 0 aliphatic heterocycles. The molecule has 1 atom stereocenters. The Hall–Kier alpha value is -1.83. The Morgan fingerprint density at radius 1 is 1.80 bits per heavy atom. The second kappa shape index (κ2) is 4.60. The van der Waals surface area contributed by atoms with E-state index in [2.05, 4.69) is 5.16 Å². The highest BCUT2D eigenvalue weighted by Gasteiger charge is 2.20. The Balaban J connectivity index is 2.78. The Bertz CT molecular complexity index is 392. The van der Waals surface area contributed by atoms with Crippen molar-refractivity contribution in [3.63, 3.8) is 0 Å². The summed E-state index contributed by atoms with van der Waals surface area (Å²) in [5, 5.41) is 12.1. The Labute approximate surface area is 88.3 Å². The standard InChI is InChI=1S/C10H13N3O2/c1-7(4-5-11)13(3)10(14)9-6-12-15-8(9)2/h6-7H,4H2,1-3H3. The highest BCUT2D eigenvalue weighted by Crippen LogP contribution is 2.11. The topological polar surface area (TPSA) is 70.1 Å².